The lowest BCUT2D eigenvalue weighted by Crippen LogP contribution is -2.31. The molecule has 0 unspecified atom stereocenters. The Bertz CT molecular complexity index is 1220. The van der Waals surface area contributed by atoms with Crippen LogP contribution in [0.4, 0.5) is 11.6 Å². The Morgan fingerprint density at radius 1 is 1.03 bits per heavy atom. The largest absolute Gasteiger partial charge is 0.497 e. The van der Waals surface area contributed by atoms with E-state index >= 15 is 0 Å². The Labute approximate surface area is 191 Å². The summed E-state index contributed by atoms with van der Waals surface area (Å²) < 4.78 is 23.5. The van der Waals surface area contributed by atoms with Crippen LogP contribution in [0, 0.1) is 0 Å². The molecular weight excluding hydrogens is 426 g/mol. The molecule has 3 aromatic rings. The predicted octanol–water partition coefficient (Wildman–Crippen LogP) is 3.24. The number of amides is 1. The molecule has 10 heteroatoms. The Hall–Kier alpha value is -4.21. The number of allylic oxidation sites excluding steroid dienone is 1. The van der Waals surface area contributed by atoms with E-state index in [1.807, 2.05) is 19.1 Å². The molecule has 0 fully saturated rings. The van der Waals surface area contributed by atoms with Crippen LogP contribution in [0.2, 0.25) is 0 Å². The van der Waals surface area contributed by atoms with E-state index in [0.29, 0.717) is 51.5 Å². The zero-order chi connectivity index (χ0) is 23.5. The van der Waals surface area contributed by atoms with Crippen LogP contribution in [0.5, 0.6) is 23.0 Å². The fraction of sp³-hybridized carbons (Fsp3) is 0.261. The molecule has 0 spiro atoms. The molecule has 0 bridgehead atoms. The van der Waals surface area contributed by atoms with E-state index in [1.54, 1.807) is 50.3 Å². The van der Waals surface area contributed by atoms with Gasteiger partial charge in [-0.2, -0.15) is 10.1 Å². The van der Waals surface area contributed by atoms with Crippen molar-refractivity contribution in [3.63, 3.8) is 0 Å². The molecule has 10 nitrogen and oxygen atoms in total. The van der Waals surface area contributed by atoms with Crippen LogP contribution in [0.15, 0.2) is 54.0 Å². The first-order chi connectivity index (χ1) is 16.0. The fourth-order valence-corrected chi connectivity index (χ4v) is 3.89. The van der Waals surface area contributed by atoms with Crippen molar-refractivity contribution in [2.45, 2.75) is 13.0 Å². The molecule has 1 aliphatic heterocycles. The summed E-state index contributed by atoms with van der Waals surface area (Å²) in [4.78, 5) is 17.9. The Morgan fingerprint density at radius 3 is 2.52 bits per heavy atom. The fourth-order valence-electron chi connectivity index (χ4n) is 3.89. The molecule has 2 aromatic carbocycles. The minimum atomic E-state index is -0.613. The summed E-state index contributed by atoms with van der Waals surface area (Å²) in [6, 6.07) is 10.1. The number of nitrogens with zero attached hydrogens (tertiary/aromatic N) is 3. The third kappa shape index (κ3) is 3.91. The second-order valence-electron chi connectivity index (χ2n) is 7.20. The van der Waals surface area contributed by atoms with Crippen molar-refractivity contribution in [1.82, 2.24) is 14.8 Å². The van der Waals surface area contributed by atoms with Crippen LogP contribution >= 0.6 is 0 Å². The molecule has 1 amide bonds. The van der Waals surface area contributed by atoms with E-state index in [-0.39, 0.29) is 5.91 Å². The Kier molecular flexibility index (Phi) is 6.07. The van der Waals surface area contributed by atoms with Crippen molar-refractivity contribution in [2.75, 3.05) is 39.1 Å². The van der Waals surface area contributed by atoms with E-state index in [1.165, 1.54) is 13.4 Å². The third-order valence-corrected chi connectivity index (χ3v) is 5.42. The zero-order valence-corrected chi connectivity index (χ0v) is 19.0. The maximum absolute atomic E-state index is 13.6. The number of hydrogen-bond acceptors (Lipinski definition) is 8. The molecule has 0 saturated carbocycles. The van der Waals surface area contributed by atoms with Crippen LogP contribution in [0.25, 0.3) is 0 Å². The van der Waals surface area contributed by atoms with Gasteiger partial charge in [0.05, 0.1) is 39.7 Å². The highest BCUT2D eigenvalue weighted by Crippen LogP contribution is 2.43. The molecule has 1 atom stereocenters. The zero-order valence-electron chi connectivity index (χ0n) is 19.0. The number of methoxy groups -OCH3 is 4. The second kappa shape index (κ2) is 9.11. The van der Waals surface area contributed by atoms with Crippen molar-refractivity contribution in [2.24, 2.45) is 0 Å². The Balaban J connectivity index is 1.81. The van der Waals surface area contributed by atoms with E-state index < -0.39 is 6.04 Å². The quantitative estimate of drug-likeness (QED) is 0.564. The number of para-hydroxylation sites is 1. The monoisotopic (exact) mass is 451 g/mol. The molecule has 1 aliphatic rings. The molecule has 2 heterocycles. The van der Waals surface area contributed by atoms with Gasteiger partial charge < -0.3 is 29.6 Å². The molecule has 0 aliphatic carbocycles. The number of aromatic nitrogens is 3. The van der Waals surface area contributed by atoms with E-state index in [4.69, 9.17) is 18.9 Å². The van der Waals surface area contributed by atoms with Gasteiger partial charge in [0.2, 0.25) is 5.95 Å². The number of ether oxygens (including phenoxy) is 4. The van der Waals surface area contributed by atoms with Gasteiger partial charge in [-0.25, -0.2) is 4.68 Å². The molecule has 4 rings (SSSR count). The van der Waals surface area contributed by atoms with Gasteiger partial charge in [0.1, 0.15) is 23.9 Å². The lowest BCUT2D eigenvalue weighted by Gasteiger charge is -2.30. The second-order valence-corrected chi connectivity index (χ2v) is 7.20. The third-order valence-electron chi connectivity index (χ3n) is 5.42. The lowest BCUT2D eigenvalue weighted by atomic mass is 9.94. The van der Waals surface area contributed by atoms with Crippen LogP contribution in [-0.2, 0) is 4.79 Å². The average molecular weight is 451 g/mol. The summed E-state index contributed by atoms with van der Waals surface area (Å²) in [6.07, 6.45) is 1.43. The maximum Gasteiger partial charge on any atom is 0.255 e. The smallest absolute Gasteiger partial charge is 0.255 e. The van der Waals surface area contributed by atoms with Crippen LogP contribution in [0.1, 0.15) is 18.5 Å². The summed E-state index contributed by atoms with van der Waals surface area (Å²) in [5.74, 6) is 2.32. The normalized spacial score (nSPS) is 14.8. The summed E-state index contributed by atoms with van der Waals surface area (Å²) in [6.45, 7) is 1.82. The van der Waals surface area contributed by atoms with Crippen LogP contribution in [-0.4, -0.2) is 49.1 Å². The Morgan fingerprint density at radius 2 is 1.82 bits per heavy atom. The van der Waals surface area contributed by atoms with Gasteiger partial charge in [-0.1, -0.05) is 12.1 Å². The molecule has 172 valence electrons. The van der Waals surface area contributed by atoms with Crippen molar-refractivity contribution in [3.8, 4) is 23.0 Å². The average Bonchev–Trinajstić information content (AvgIpc) is 3.30. The van der Waals surface area contributed by atoms with Gasteiger partial charge in [0.15, 0.2) is 11.5 Å². The first-order valence-electron chi connectivity index (χ1n) is 10.1. The number of fused-ring (bicyclic) bond motifs is 1. The van der Waals surface area contributed by atoms with Crippen LogP contribution < -0.4 is 29.6 Å². The van der Waals surface area contributed by atoms with Crippen molar-refractivity contribution >= 4 is 17.5 Å². The number of hydrogen-bond donors (Lipinski definition) is 2. The predicted molar refractivity (Wildman–Crippen MR) is 122 cm³/mol. The summed E-state index contributed by atoms with van der Waals surface area (Å²) in [5.41, 5.74) is 2.29. The van der Waals surface area contributed by atoms with Gasteiger partial charge in [-0.05, 0) is 25.1 Å². The highest BCUT2D eigenvalue weighted by atomic mass is 16.5. The number of carbonyl (C=O) groups is 1. The molecule has 0 saturated heterocycles. The van der Waals surface area contributed by atoms with Crippen molar-refractivity contribution in [1.29, 1.82) is 0 Å². The number of carbonyl (C=O) groups excluding carboxylic acids is 1. The first kappa shape index (κ1) is 22.0. The highest BCUT2D eigenvalue weighted by Gasteiger charge is 2.36. The minimum Gasteiger partial charge on any atom is -0.497 e. The molecule has 1 aromatic heterocycles. The maximum atomic E-state index is 13.6. The van der Waals surface area contributed by atoms with Gasteiger partial charge in [0.25, 0.3) is 5.91 Å². The number of anilines is 2. The number of benzene rings is 2. The van der Waals surface area contributed by atoms with E-state index in [9.17, 15) is 4.79 Å². The summed E-state index contributed by atoms with van der Waals surface area (Å²) in [5, 5.41) is 10.5. The number of rotatable bonds is 7. The van der Waals surface area contributed by atoms with Crippen molar-refractivity contribution in [3.05, 3.63) is 59.6 Å². The lowest BCUT2D eigenvalue weighted by molar-refractivity contribution is -0.113. The highest BCUT2D eigenvalue weighted by molar-refractivity contribution is 6.06. The van der Waals surface area contributed by atoms with Crippen molar-refractivity contribution < 1.29 is 23.7 Å². The molecular formula is C23H25N5O5. The topological polar surface area (TPSA) is 109 Å². The van der Waals surface area contributed by atoms with Gasteiger partial charge >= 0.3 is 0 Å². The van der Waals surface area contributed by atoms with Gasteiger partial charge in [0, 0.05) is 17.3 Å². The first-order valence-corrected chi connectivity index (χ1v) is 10.1. The van der Waals surface area contributed by atoms with Gasteiger partial charge in [-0.15, -0.1) is 0 Å². The number of nitrogens with one attached hydrogen (secondary N) is 2. The van der Waals surface area contributed by atoms with Crippen LogP contribution in [0.3, 0.4) is 0 Å². The summed E-state index contributed by atoms with van der Waals surface area (Å²) in [7, 11) is 6.22. The van der Waals surface area contributed by atoms with E-state index in [2.05, 4.69) is 20.7 Å². The standard InChI is InChI=1S/C23H25N5O5/c1-13-19(22(29)27-16-10-9-14(30-2)11-18(16)32-4)20(28-23(26-13)24-12-25-28)15-7-6-8-17(31-3)21(15)33-5/h6-12,20H,1-5H3,(H,27,29)(H,24,25,26)/t20-/m1/s1. The molecule has 2 N–H and O–H groups in total. The van der Waals surface area contributed by atoms with E-state index in [0.717, 1.165) is 0 Å². The van der Waals surface area contributed by atoms with Gasteiger partial charge in [-0.3, -0.25) is 4.79 Å². The molecule has 33 heavy (non-hydrogen) atoms. The summed E-state index contributed by atoms with van der Waals surface area (Å²) >= 11 is 0. The molecule has 0 radical (unpaired) electrons. The minimum absolute atomic E-state index is 0.334. The SMILES string of the molecule is COc1ccc(NC(=O)C2=C(C)Nc3ncnn3[C@@H]2c2cccc(OC)c2OC)c(OC)c1.